The maximum atomic E-state index is 16.0. The Balaban J connectivity index is 1.35. The molecule has 2 fully saturated rings. The summed E-state index contributed by atoms with van der Waals surface area (Å²) in [4.78, 5) is 54.0. The Hall–Kier alpha value is -4.66. The van der Waals surface area contributed by atoms with E-state index in [4.69, 9.17) is 18.5 Å². The first-order valence-corrected chi connectivity index (χ1v) is 18.0. The molecule has 1 aliphatic carbocycles. The fourth-order valence-electron chi connectivity index (χ4n) is 7.29. The Morgan fingerprint density at radius 3 is 2.64 bits per heavy atom. The van der Waals surface area contributed by atoms with Crippen LogP contribution < -0.4 is 20.0 Å². The molecule has 13 nitrogen and oxygen atoms in total. The van der Waals surface area contributed by atoms with Crippen LogP contribution in [0.25, 0.3) is 16.9 Å². The van der Waals surface area contributed by atoms with Gasteiger partial charge in [-0.05, 0) is 0 Å². The fourth-order valence-corrected chi connectivity index (χ4v) is 9.29. The van der Waals surface area contributed by atoms with Gasteiger partial charge in [0.15, 0.2) is 0 Å². The molecule has 0 spiro atoms. The zero-order chi connectivity index (χ0) is 34.9. The van der Waals surface area contributed by atoms with Crippen LogP contribution in [0.2, 0.25) is 0 Å². The van der Waals surface area contributed by atoms with Crippen molar-refractivity contribution in [2.24, 2.45) is 0 Å². The van der Waals surface area contributed by atoms with E-state index >= 15 is 8.78 Å². The number of amides is 1. The molecule has 1 amide bonds. The Labute approximate surface area is 285 Å². The number of fused-ring (bicyclic) bond motifs is 7. The van der Waals surface area contributed by atoms with Gasteiger partial charge in [-0.2, -0.15) is 0 Å². The van der Waals surface area contributed by atoms with Crippen molar-refractivity contribution >= 4 is 20.0 Å². The number of benzene rings is 2. The van der Waals surface area contributed by atoms with Crippen LogP contribution in [-0.2, 0) is 18.8 Å². The molecule has 8 rings (SSSR count). The number of methoxy groups -OCH3 is 1. The summed E-state index contributed by atoms with van der Waals surface area (Å²) in [7, 11) is -3.39. The molecule has 2 aromatic heterocycles. The number of para-hydroxylation sites is 1. The minimum atomic E-state index is -4.61. The van der Waals surface area contributed by atoms with Crippen molar-refractivity contribution in [3.63, 3.8) is 0 Å². The van der Waals surface area contributed by atoms with Crippen LogP contribution in [0.3, 0.4) is 0 Å². The van der Waals surface area contributed by atoms with Crippen LogP contribution in [-0.4, -0.2) is 76.1 Å². The Morgan fingerprint density at radius 1 is 1.08 bits per heavy atom. The number of nitrogens with one attached hydrogen (secondary N) is 1. The van der Waals surface area contributed by atoms with Gasteiger partial charge in [0.05, 0.1) is 0 Å². The van der Waals surface area contributed by atoms with Crippen LogP contribution in [0.15, 0.2) is 71.8 Å². The Bertz CT molecular complexity index is 2100. The molecule has 0 bridgehead atoms. The standard InChI is InChI=1S/C34H34F2N5O8P/c1-3-48-50(45,37-34(13-14-34)33(44)46-2)49-31-25(42)12-16-40-30(31)32(43)39-17-18-47-19-26(39)41(40)29-20-7-4-5-8-23(20)38-15-6-9-24(38)27-21(29)10-11-22(35)28(27)36/h4-12,15-16,26,29,37,45,50H,3,13-14,17-19H2,1-2H3. The number of ether oxygens (including phenoxy) is 2. The predicted octanol–water partition coefficient (Wildman–Crippen LogP) is 3.55. The average molecular weight is 710 g/mol. The third kappa shape index (κ3) is 4.95. The third-order valence-corrected chi connectivity index (χ3v) is 11.6. The van der Waals surface area contributed by atoms with Gasteiger partial charge in [-0.25, -0.2) is 0 Å². The molecule has 50 heavy (non-hydrogen) atoms. The molecule has 1 saturated heterocycles. The molecular formula is C34H34F2N5O8P. The molecule has 2 atom stereocenters. The van der Waals surface area contributed by atoms with Gasteiger partial charge >= 0.3 is 285 Å². The van der Waals surface area contributed by atoms with Gasteiger partial charge in [0.1, 0.15) is 0 Å². The Morgan fingerprint density at radius 2 is 1.88 bits per heavy atom. The summed E-state index contributed by atoms with van der Waals surface area (Å²) in [5.74, 6) is -3.76. The summed E-state index contributed by atoms with van der Waals surface area (Å²) in [6, 6.07) is 13.8. The van der Waals surface area contributed by atoms with Crippen molar-refractivity contribution in [3.05, 3.63) is 106 Å². The topological polar surface area (TPSA) is 137 Å². The van der Waals surface area contributed by atoms with Crippen LogP contribution in [0.4, 0.5) is 8.78 Å². The van der Waals surface area contributed by atoms with E-state index in [-0.39, 0.29) is 37.6 Å². The molecule has 262 valence electrons. The van der Waals surface area contributed by atoms with Crippen molar-refractivity contribution in [1.82, 2.24) is 19.2 Å². The van der Waals surface area contributed by atoms with Gasteiger partial charge < -0.3 is 0 Å². The molecule has 3 aliphatic heterocycles. The van der Waals surface area contributed by atoms with E-state index in [1.165, 1.54) is 35.0 Å². The Kier molecular flexibility index (Phi) is 7.80. The number of hydrogen-bond donors (Lipinski definition) is 2. The number of aromatic nitrogens is 2. The first-order chi connectivity index (χ1) is 24.1. The van der Waals surface area contributed by atoms with Crippen molar-refractivity contribution in [2.75, 3.05) is 38.5 Å². The van der Waals surface area contributed by atoms with E-state index < -0.39 is 60.5 Å². The summed E-state index contributed by atoms with van der Waals surface area (Å²) in [6.07, 6.45) is 3.07. The number of carbonyl (C=O) groups excluding carboxylic acids is 2. The first kappa shape index (κ1) is 32.5. The van der Waals surface area contributed by atoms with Crippen molar-refractivity contribution in [2.45, 2.75) is 37.5 Å². The van der Waals surface area contributed by atoms with Gasteiger partial charge in [0.2, 0.25) is 0 Å². The van der Waals surface area contributed by atoms with Gasteiger partial charge in [0.25, 0.3) is 0 Å². The molecule has 1 saturated carbocycles. The third-order valence-electron chi connectivity index (χ3n) is 9.64. The average Bonchev–Trinajstić information content (AvgIpc) is 3.76. The van der Waals surface area contributed by atoms with Crippen molar-refractivity contribution in [1.29, 1.82) is 0 Å². The zero-order valence-electron chi connectivity index (χ0n) is 27.1. The maximum absolute atomic E-state index is 16.0. The second kappa shape index (κ2) is 12.0. The van der Waals surface area contributed by atoms with E-state index in [9.17, 15) is 19.3 Å². The van der Waals surface area contributed by atoms with E-state index in [1.54, 1.807) is 34.8 Å². The molecular weight excluding hydrogens is 675 g/mol. The predicted molar refractivity (Wildman–Crippen MR) is 177 cm³/mol. The number of carbonyl (C=O) groups is 2. The van der Waals surface area contributed by atoms with Gasteiger partial charge in [-0.3, -0.25) is 0 Å². The fraction of sp³-hybridized carbons (Fsp3) is 0.324. The normalized spacial score (nSPS) is 20.5. The molecule has 16 heteroatoms. The van der Waals surface area contributed by atoms with Crippen molar-refractivity contribution in [3.8, 4) is 22.7 Å². The quantitative estimate of drug-likeness (QED) is 0.207. The molecule has 4 aromatic rings. The van der Waals surface area contributed by atoms with Crippen LogP contribution in [0, 0.1) is 11.6 Å². The first-order valence-electron chi connectivity index (χ1n) is 16.2. The zero-order valence-corrected chi connectivity index (χ0v) is 28.1. The number of halogens is 2. The number of nitrogens with zero attached hydrogens (tertiary/aromatic N) is 4. The monoisotopic (exact) mass is 709 g/mol. The van der Waals surface area contributed by atoms with Crippen molar-refractivity contribution < 1.29 is 41.8 Å². The number of esters is 1. The molecule has 2 N–H and O–H groups in total. The van der Waals surface area contributed by atoms with E-state index in [0.29, 0.717) is 35.3 Å². The summed E-state index contributed by atoms with van der Waals surface area (Å²) in [5, 5.41) is 4.59. The summed E-state index contributed by atoms with van der Waals surface area (Å²) in [5.41, 5.74) is 0.0233. The summed E-state index contributed by atoms with van der Waals surface area (Å²) < 4.78 is 56.8. The number of pyridine rings is 1. The molecule has 4 aliphatic rings. The number of rotatable bonds is 8. The second-order valence-electron chi connectivity index (χ2n) is 12.5. The number of morpholine rings is 1. The minimum absolute atomic E-state index is 0.0373. The van der Waals surface area contributed by atoms with Gasteiger partial charge in [0, 0.05) is 0 Å². The molecule has 2 unspecified atom stereocenters. The van der Waals surface area contributed by atoms with Crippen LogP contribution in [0.5, 0.6) is 5.75 Å². The summed E-state index contributed by atoms with van der Waals surface area (Å²) in [6.45, 7) is 1.95. The second-order valence-corrected chi connectivity index (χ2v) is 14.4. The van der Waals surface area contributed by atoms with Crippen LogP contribution in [0.1, 0.15) is 47.4 Å². The SMILES string of the molecule is CCO[PH](O)(NC1(C(=O)OC)CC1)Oc1c2n(ccc1=O)N(C1c3ccccc3-n3cccc3-c3c1ccc(F)c3F)C1COCCN1C2=O. The summed E-state index contributed by atoms with van der Waals surface area (Å²) >= 11 is 0. The van der Waals surface area contributed by atoms with E-state index in [0.717, 1.165) is 6.07 Å². The van der Waals surface area contributed by atoms with Gasteiger partial charge in [-0.1, -0.05) is 0 Å². The molecule has 5 heterocycles. The van der Waals surface area contributed by atoms with E-state index in [1.807, 2.05) is 24.3 Å². The molecule has 2 aromatic carbocycles. The van der Waals surface area contributed by atoms with Gasteiger partial charge in [-0.15, -0.1) is 0 Å². The van der Waals surface area contributed by atoms with E-state index in [2.05, 4.69) is 5.09 Å². The van der Waals surface area contributed by atoms with Crippen LogP contribution >= 0.6 is 8.09 Å². The number of hydrogen-bond acceptors (Lipinski definition) is 10. The molecule has 0 radical (unpaired) electrons.